The molecule has 1 aromatic carbocycles. The SMILES string of the molecule is COc1ccccc1C1(CNC(=O)CNC(=O)CC2CCCCC2)CCCC1. The topological polar surface area (TPSA) is 67.4 Å². The Morgan fingerprint density at radius 3 is 2.43 bits per heavy atom. The Morgan fingerprint density at radius 2 is 1.71 bits per heavy atom. The Labute approximate surface area is 168 Å². The van der Waals surface area contributed by atoms with E-state index >= 15 is 0 Å². The summed E-state index contributed by atoms with van der Waals surface area (Å²) in [6.45, 7) is 0.651. The average Bonchev–Trinajstić information content (AvgIpc) is 3.21. The highest BCUT2D eigenvalue weighted by Gasteiger charge is 2.38. The summed E-state index contributed by atoms with van der Waals surface area (Å²) >= 11 is 0. The smallest absolute Gasteiger partial charge is 0.239 e. The van der Waals surface area contributed by atoms with E-state index in [1.54, 1.807) is 7.11 Å². The molecule has 2 saturated carbocycles. The monoisotopic (exact) mass is 386 g/mol. The number of amides is 2. The molecular weight excluding hydrogens is 352 g/mol. The molecule has 3 rings (SSSR count). The van der Waals surface area contributed by atoms with Crippen LogP contribution in [0.1, 0.15) is 69.8 Å². The molecule has 2 aliphatic carbocycles. The number of carbonyl (C=O) groups excluding carboxylic acids is 2. The number of methoxy groups -OCH3 is 1. The summed E-state index contributed by atoms with van der Waals surface area (Å²) in [5, 5.41) is 5.87. The maximum Gasteiger partial charge on any atom is 0.239 e. The number of ether oxygens (including phenoxy) is 1. The first-order chi connectivity index (χ1) is 13.6. The summed E-state index contributed by atoms with van der Waals surface area (Å²) in [5.74, 6) is 1.27. The van der Waals surface area contributed by atoms with Crippen molar-refractivity contribution in [1.29, 1.82) is 0 Å². The highest BCUT2D eigenvalue weighted by molar-refractivity contribution is 5.84. The van der Waals surface area contributed by atoms with E-state index in [4.69, 9.17) is 4.74 Å². The molecule has 0 saturated heterocycles. The number of para-hydroxylation sites is 1. The van der Waals surface area contributed by atoms with Crippen molar-refractivity contribution in [3.05, 3.63) is 29.8 Å². The van der Waals surface area contributed by atoms with Gasteiger partial charge in [-0.15, -0.1) is 0 Å². The molecule has 5 nitrogen and oxygen atoms in total. The van der Waals surface area contributed by atoms with Crippen LogP contribution in [0.5, 0.6) is 5.75 Å². The van der Waals surface area contributed by atoms with Gasteiger partial charge in [0.15, 0.2) is 0 Å². The van der Waals surface area contributed by atoms with E-state index in [2.05, 4.69) is 16.7 Å². The number of rotatable bonds is 8. The van der Waals surface area contributed by atoms with Gasteiger partial charge in [0, 0.05) is 23.9 Å². The van der Waals surface area contributed by atoms with Crippen molar-refractivity contribution in [3.63, 3.8) is 0 Å². The van der Waals surface area contributed by atoms with E-state index in [1.165, 1.54) is 24.8 Å². The zero-order valence-electron chi connectivity index (χ0n) is 17.1. The fourth-order valence-corrected chi connectivity index (χ4v) is 4.91. The molecular formula is C23H34N2O3. The van der Waals surface area contributed by atoms with Crippen LogP contribution < -0.4 is 15.4 Å². The molecule has 0 unspecified atom stereocenters. The van der Waals surface area contributed by atoms with Crippen molar-refractivity contribution in [2.45, 2.75) is 69.6 Å². The van der Waals surface area contributed by atoms with Crippen LogP contribution in [0.25, 0.3) is 0 Å². The van der Waals surface area contributed by atoms with Gasteiger partial charge in [-0.25, -0.2) is 0 Å². The van der Waals surface area contributed by atoms with Gasteiger partial charge in [-0.05, 0) is 37.7 Å². The minimum absolute atomic E-state index is 0.00218. The highest BCUT2D eigenvalue weighted by Crippen LogP contribution is 2.44. The van der Waals surface area contributed by atoms with E-state index in [-0.39, 0.29) is 23.8 Å². The Kier molecular flexibility index (Phi) is 7.35. The highest BCUT2D eigenvalue weighted by atomic mass is 16.5. The van der Waals surface area contributed by atoms with Gasteiger partial charge < -0.3 is 15.4 Å². The summed E-state index contributed by atoms with van der Waals surface area (Å²) in [6, 6.07) is 8.11. The van der Waals surface area contributed by atoms with Crippen molar-refractivity contribution < 1.29 is 14.3 Å². The van der Waals surface area contributed by atoms with Crippen LogP contribution in [0.3, 0.4) is 0 Å². The van der Waals surface area contributed by atoms with Crippen LogP contribution in [0.2, 0.25) is 0 Å². The Balaban J connectivity index is 1.50. The fourth-order valence-electron chi connectivity index (χ4n) is 4.91. The van der Waals surface area contributed by atoms with Crippen molar-refractivity contribution in [2.75, 3.05) is 20.2 Å². The molecule has 28 heavy (non-hydrogen) atoms. The Morgan fingerprint density at radius 1 is 1.00 bits per heavy atom. The van der Waals surface area contributed by atoms with Gasteiger partial charge in [0.25, 0.3) is 0 Å². The third-order valence-corrected chi connectivity index (χ3v) is 6.51. The van der Waals surface area contributed by atoms with Gasteiger partial charge in [-0.3, -0.25) is 9.59 Å². The number of nitrogens with one attached hydrogen (secondary N) is 2. The molecule has 154 valence electrons. The van der Waals surface area contributed by atoms with Crippen LogP contribution in [0.15, 0.2) is 24.3 Å². The second-order valence-corrected chi connectivity index (χ2v) is 8.45. The zero-order chi connectivity index (χ0) is 19.8. The van der Waals surface area contributed by atoms with E-state index in [0.717, 1.165) is 44.3 Å². The standard InChI is InChI=1S/C23H34N2O3/c1-28-20-12-6-5-11-19(20)23(13-7-8-14-23)17-25-22(27)16-24-21(26)15-18-9-3-2-4-10-18/h5-6,11-12,18H,2-4,7-10,13-17H2,1H3,(H,24,26)(H,25,27). The lowest BCUT2D eigenvalue weighted by Crippen LogP contribution is -2.43. The molecule has 2 amide bonds. The molecule has 1 aromatic rings. The maximum atomic E-state index is 12.4. The second kappa shape index (κ2) is 9.94. The molecule has 0 aromatic heterocycles. The maximum absolute atomic E-state index is 12.4. The summed E-state index contributed by atoms with van der Waals surface area (Å²) in [6.07, 6.45) is 11.0. The average molecular weight is 387 g/mol. The van der Waals surface area contributed by atoms with Gasteiger partial charge >= 0.3 is 0 Å². The Bertz CT molecular complexity index is 662. The number of benzene rings is 1. The van der Waals surface area contributed by atoms with Gasteiger partial charge in [0.1, 0.15) is 5.75 Å². The molecule has 0 bridgehead atoms. The predicted octanol–water partition coefficient (Wildman–Crippen LogP) is 3.71. The quantitative estimate of drug-likeness (QED) is 0.716. The third kappa shape index (κ3) is 5.27. The molecule has 0 aliphatic heterocycles. The van der Waals surface area contributed by atoms with E-state index in [0.29, 0.717) is 18.9 Å². The van der Waals surface area contributed by atoms with Crippen LogP contribution >= 0.6 is 0 Å². The summed E-state index contributed by atoms with van der Waals surface area (Å²) in [7, 11) is 1.70. The van der Waals surface area contributed by atoms with Crippen molar-refractivity contribution >= 4 is 11.8 Å². The van der Waals surface area contributed by atoms with Crippen LogP contribution in [-0.4, -0.2) is 32.0 Å². The first-order valence-electron chi connectivity index (χ1n) is 10.8. The molecule has 0 atom stereocenters. The largest absolute Gasteiger partial charge is 0.496 e. The fraction of sp³-hybridized carbons (Fsp3) is 0.652. The van der Waals surface area contributed by atoms with Crippen molar-refractivity contribution in [1.82, 2.24) is 10.6 Å². The summed E-state index contributed by atoms with van der Waals surface area (Å²) in [4.78, 5) is 24.5. The first kappa shape index (κ1) is 20.7. The molecule has 0 heterocycles. The molecule has 2 fully saturated rings. The predicted molar refractivity (Wildman–Crippen MR) is 110 cm³/mol. The number of carbonyl (C=O) groups is 2. The van der Waals surface area contributed by atoms with Crippen molar-refractivity contribution in [3.8, 4) is 5.75 Å². The third-order valence-electron chi connectivity index (χ3n) is 6.51. The number of hydrogen-bond acceptors (Lipinski definition) is 3. The lowest BCUT2D eigenvalue weighted by Gasteiger charge is -2.31. The van der Waals surface area contributed by atoms with Gasteiger partial charge in [0.2, 0.25) is 11.8 Å². The molecule has 0 radical (unpaired) electrons. The van der Waals surface area contributed by atoms with Crippen LogP contribution in [0, 0.1) is 5.92 Å². The second-order valence-electron chi connectivity index (χ2n) is 8.45. The molecule has 5 heteroatoms. The minimum Gasteiger partial charge on any atom is -0.496 e. The van der Waals surface area contributed by atoms with E-state index < -0.39 is 0 Å². The van der Waals surface area contributed by atoms with Crippen LogP contribution in [0.4, 0.5) is 0 Å². The molecule has 0 spiro atoms. The normalized spacial score (nSPS) is 19.2. The van der Waals surface area contributed by atoms with E-state index in [9.17, 15) is 9.59 Å². The first-order valence-corrected chi connectivity index (χ1v) is 10.8. The lowest BCUT2D eigenvalue weighted by atomic mass is 9.78. The molecule has 2 aliphatic rings. The lowest BCUT2D eigenvalue weighted by molar-refractivity contribution is -0.126. The summed E-state index contributed by atoms with van der Waals surface area (Å²) < 4.78 is 5.57. The van der Waals surface area contributed by atoms with E-state index in [1.807, 2.05) is 18.2 Å². The zero-order valence-corrected chi connectivity index (χ0v) is 17.1. The molecule has 2 N–H and O–H groups in total. The Hall–Kier alpha value is -2.04. The summed E-state index contributed by atoms with van der Waals surface area (Å²) in [5.41, 5.74) is 1.10. The van der Waals surface area contributed by atoms with Gasteiger partial charge in [-0.1, -0.05) is 50.3 Å². The van der Waals surface area contributed by atoms with Gasteiger partial charge in [-0.2, -0.15) is 0 Å². The number of hydrogen-bond donors (Lipinski definition) is 2. The van der Waals surface area contributed by atoms with Gasteiger partial charge in [0.05, 0.1) is 13.7 Å². The minimum atomic E-state index is -0.113. The van der Waals surface area contributed by atoms with Crippen LogP contribution in [-0.2, 0) is 15.0 Å². The van der Waals surface area contributed by atoms with Crippen molar-refractivity contribution in [2.24, 2.45) is 5.92 Å².